The number of nitrogens with zero attached hydrogens (tertiary/aromatic N) is 3. The number of rotatable bonds is 7. The summed E-state index contributed by atoms with van der Waals surface area (Å²) in [5.74, 6) is -0.640. The molecule has 1 aromatic carbocycles. The van der Waals surface area contributed by atoms with Crippen LogP contribution >= 0.6 is 7.82 Å². The van der Waals surface area contributed by atoms with Crippen LogP contribution in [0.5, 0.6) is 5.75 Å². The van der Waals surface area contributed by atoms with Gasteiger partial charge in [0.1, 0.15) is 18.3 Å². The number of aryl methyl sites for hydroxylation is 1. The Balaban J connectivity index is 2.30. The van der Waals surface area contributed by atoms with Gasteiger partial charge in [0, 0.05) is 30.6 Å². The van der Waals surface area contributed by atoms with E-state index in [0.717, 1.165) is 10.6 Å². The van der Waals surface area contributed by atoms with Crippen LogP contribution < -0.4 is 20.0 Å². The third kappa shape index (κ3) is 4.15. The summed E-state index contributed by atoms with van der Waals surface area (Å²) in [6.07, 6.45) is 4.91. The van der Waals surface area contributed by atoms with Crippen molar-refractivity contribution in [3.8, 4) is 16.9 Å². The Labute approximate surface area is 159 Å². The van der Waals surface area contributed by atoms with Crippen LogP contribution in [-0.2, 0) is 22.9 Å². The molecule has 0 radical (unpaired) electrons. The van der Waals surface area contributed by atoms with E-state index < -0.39 is 25.8 Å². The molecule has 0 aliphatic carbocycles. The second kappa shape index (κ2) is 7.84. The Bertz CT molecular complexity index is 1120. The summed E-state index contributed by atoms with van der Waals surface area (Å²) >= 11 is 0. The smallest absolute Gasteiger partial charge is 0.200 e. The number of benzene rings is 1. The minimum Gasteiger partial charge on any atom is -0.790 e. The fourth-order valence-electron chi connectivity index (χ4n) is 2.79. The first-order valence-corrected chi connectivity index (χ1v) is 9.81. The van der Waals surface area contributed by atoms with Gasteiger partial charge in [0.2, 0.25) is 0 Å². The van der Waals surface area contributed by atoms with Gasteiger partial charge in [0.05, 0.1) is 31.5 Å². The van der Waals surface area contributed by atoms with Crippen LogP contribution in [0.4, 0.5) is 4.39 Å². The lowest BCUT2D eigenvalue weighted by Crippen LogP contribution is -2.20. The van der Waals surface area contributed by atoms with Gasteiger partial charge in [-0.25, -0.2) is 4.39 Å². The van der Waals surface area contributed by atoms with Crippen molar-refractivity contribution in [1.29, 1.82) is 0 Å². The van der Waals surface area contributed by atoms with Gasteiger partial charge in [-0.05, 0) is 18.6 Å². The van der Waals surface area contributed by atoms with Crippen molar-refractivity contribution in [1.82, 2.24) is 14.3 Å². The Morgan fingerprint density at radius 3 is 2.64 bits per heavy atom. The monoisotopic (exact) mass is 409 g/mol. The van der Waals surface area contributed by atoms with Crippen molar-refractivity contribution in [3.05, 3.63) is 46.8 Å². The maximum Gasteiger partial charge on any atom is 0.200 e. The van der Waals surface area contributed by atoms with Crippen LogP contribution in [0, 0.1) is 5.82 Å². The van der Waals surface area contributed by atoms with E-state index in [2.05, 4.69) is 9.62 Å². The Morgan fingerprint density at radius 2 is 2.04 bits per heavy atom. The molecule has 2 aromatic heterocycles. The van der Waals surface area contributed by atoms with Gasteiger partial charge in [0.25, 0.3) is 0 Å². The second-order valence-electron chi connectivity index (χ2n) is 6.07. The maximum absolute atomic E-state index is 14.6. The summed E-state index contributed by atoms with van der Waals surface area (Å²) in [6.45, 7) is 1.43. The Kier molecular flexibility index (Phi) is 5.66. The summed E-state index contributed by atoms with van der Waals surface area (Å²) < 4.78 is 38.1. The fraction of sp³-hybridized carbons (Fsp3) is 0.294. The molecular formula is C17H17FN3O6P-2. The molecule has 3 rings (SSSR count). The van der Waals surface area contributed by atoms with E-state index in [0.29, 0.717) is 18.6 Å². The molecule has 9 nitrogen and oxygen atoms in total. The first-order chi connectivity index (χ1) is 13.2. The van der Waals surface area contributed by atoms with Gasteiger partial charge in [0.15, 0.2) is 5.43 Å². The van der Waals surface area contributed by atoms with Crippen LogP contribution in [0.2, 0.25) is 0 Å². The zero-order valence-electron chi connectivity index (χ0n) is 15.1. The largest absolute Gasteiger partial charge is 0.790 e. The molecule has 2 heterocycles. The third-order valence-electron chi connectivity index (χ3n) is 3.97. The van der Waals surface area contributed by atoms with Crippen LogP contribution in [-0.4, -0.2) is 21.0 Å². The average molecular weight is 409 g/mol. The highest BCUT2D eigenvalue weighted by atomic mass is 31.2. The Morgan fingerprint density at radius 1 is 1.29 bits per heavy atom. The topological polar surface area (TPSA) is 121 Å². The summed E-state index contributed by atoms with van der Waals surface area (Å²) in [5, 5.41) is 3.68. The number of hydrogen-bond acceptors (Lipinski definition) is 7. The summed E-state index contributed by atoms with van der Waals surface area (Å²) in [5.41, 5.74) is -0.150. The molecule has 0 aliphatic heterocycles. The van der Waals surface area contributed by atoms with Gasteiger partial charge < -0.3 is 28.2 Å². The molecule has 150 valence electrons. The number of aromatic nitrogens is 3. The molecule has 0 fully saturated rings. The number of hydrogen-bond donors (Lipinski definition) is 0. The normalized spacial score (nSPS) is 11.9. The van der Waals surface area contributed by atoms with Crippen LogP contribution in [0.1, 0.15) is 13.3 Å². The zero-order chi connectivity index (χ0) is 20.5. The van der Waals surface area contributed by atoms with E-state index >= 15 is 0 Å². The molecule has 11 heteroatoms. The molecule has 0 saturated carbocycles. The number of fused-ring (bicyclic) bond motifs is 1. The molecule has 0 aliphatic rings. The van der Waals surface area contributed by atoms with Gasteiger partial charge in [-0.3, -0.25) is 9.48 Å². The van der Waals surface area contributed by atoms with Gasteiger partial charge in [-0.2, -0.15) is 5.10 Å². The molecular weight excluding hydrogens is 392 g/mol. The van der Waals surface area contributed by atoms with Crippen molar-refractivity contribution < 1.29 is 28.0 Å². The van der Waals surface area contributed by atoms with Gasteiger partial charge in [-0.1, -0.05) is 6.92 Å². The van der Waals surface area contributed by atoms with Crippen molar-refractivity contribution in [2.75, 3.05) is 6.61 Å². The lowest BCUT2D eigenvalue weighted by atomic mass is 10.1. The quantitative estimate of drug-likeness (QED) is 0.536. The summed E-state index contributed by atoms with van der Waals surface area (Å²) in [7, 11) is -3.65. The molecule has 28 heavy (non-hydrogen) atoms. The number of halogens is 1. The molecule has 0 spiro atoms. The van der Waals surface area contributed by atoms with E-state index in [1.165, 1.54) is 23.1 Å². The lowest BCUT2D eigenvalue weighted by Gasteiger charge is -2.29. The second-order valence-corrected chi connectivity index (χ2v) is 7.22. The van der Waals surface area contributed by atoms with E-state index in [1.807, 2.05) is 6.92 Å². The summed E-state index contributed by atoms with van der Waals surface area (Å²) in [4.78, 5) is 34.9. The van der Waals surface area contributed by atoms with Gasteiger partial charge >= 0.3 is 0 Å². The van der Waals surface area contributed by atoms with Crippen molar-refractivity contribution in [2.24, 2.45) is 7.05 Å². The standard InChI is InChI=1S/C17H19FN3O6P/c1-3-6-26-14-5-4-13(18)15-16(14)21(10-27-28(23,24)25)9-12(17(15)22)11-7-19-20(2)8-11/h4-5,7-9H,3,6,10H2,1-2H3,(H2,23,24,25)/p-2. The van der Waals surface area contributed by atoms with Crippen LogP contribution in [0.25, 0.3) is 22.0 Å². The number of pyridine rings is 1. The van der Waals surface area contributed by atoms with Crippen LogP contribution in [0.3, 0.4) is 0 Å². The number of ether oxygens (including phenoxy) is 1. The molecule has 0 N–H and O–H groups in total. The first kappa shape index (κ1) is 20.2. The minimum atomic E-state index is -5.30. The van der Waals surface area contributed by atoms with E-state index in [9.17, 15) is 23.5 Å². The Hall–Kier alpha value is -2.52. The zero-order valence-corrected chi connectivity index (χ0v) is 16.0. The van der Waals surface area contributed by atoms with Crippen molar-refractivity contribution in [3.63, 3.8) is 0 Å². The molecule has 0 bridgehead atoms. The fourth-order valence-corrected chi connectivity index (χ4v) is 3.06. The highest BCUT2D eigenvalue weighted by molar-refractivity contribution is 7.43. The predicted octanol–water partition coefficient (Wildman–Crippen LogP) is 1.13. The highest BCUT2D eigenvalue weighted by Crippen LogP contribution is 2.31. The van der Waals surface area contributed by atoms with E-state index in [4.69, 9.17) is 4.74 Å². The molecule has 3 aromatic rings. The SMILES string of the molecule is CCCOc1ccc(F)c2c(=O)c(-c3cnn(C)c3)cn(COP(=O)([O-])[O-])c12. The van der Waals surface area contributed by atoms with Gasteiger partial charge in [-0.15, -0.1) is 0 Å². The van der Waals surface area contributed by atoms with Crippen LogP contribution in [0.15, 0.2) is 35.5 Å². The summed E-state index contributed by atoms with van der Waals surface area (Å²) in [6, 6.07) is 2.43. The molecule has 0 atom stereocenters. The maximum atomic E-state index is 14.6. The first-order valence-electron chi connectivity index (χ1n) is 8.35. The number of phosphoric acid groups is 1. The highest BCUT2D eigenvalue weighted by Gasteiger charge is 2.19. The average Bonchev–Trinajstić information content (AvgIpc) is 3.05. The third-order valence-corrected chi connectivity index (χ3v) is 4.40. The lowest BCUT2D eigenvalue weighted by molar-refractivity contribution is -0.344. The predicted molar refractivity (Wildman–Crippen MR) is 94.8 cm³/mol. The minimum absolute atomic E-state index is 0.000426. The van der Waals surface area contributed by atoms with Crippen molar-refractivity contribution in [2.45, 2.75) is 20.1 Å². The van der Waals surface area contributed by atoms with E-state index in [-0.39, 0.29) is 22.2 Å². The van der Waals surface area contributed by atoms with E-state index in [1.54, 1.807) is 13.2 Å². The molecule has 0 unspecified atom stereocenters. The molecule has 0 amide bonds. The van der Waals surface area contributed by atoms with Crippen molar-refractivity contribution >= 4 is 18.7 Å². The molecule has 0 saturated heterocycles. The number of phosphoric ester groups is 1.